The maximum Gasteiger partial charge on any atom is 0.262 e. The Labute approximate surface area is 127 Å². The number of hydrogen-bond donors (Lipinski definition) is 3. The molecule has 1 aliphatic rings. The molecule has 0 unspecified atom stereocenters. The Kier molecular flexibility index (Phi) is 4.69. The minimum absolute atomic E-state index is 0.0486. The number of hydrogen-bond acceptors (Lipinski definition) is 6. The lowest BCUT2D eigenvalue weighted by Gasteiger charge is -2.40. The quantitative estimate of drug-likeness (QED) is 0.329. The van der Waals surface area contributed by atoms with Gasteiger partial charge in [0.2, 0.25) is 0 Å². The van der Waals surface area contributed by atoms with Gasteiger partial charge in [-0.3, -0.25) is 4.79 Å². The van der Waals surface area contributed by atoms with Gasteiger partial charge in [0.15, 0.2) is 5.84 Å². The Bertz CT molecular complexity index is 535. The summed E-state index contributed by atoms with van der Waals surface area (Å²) in [6, 6.07) is 1.68. The average molecular weight is 312 g/mol. The molecular formula is C13H20N4O3S. The van der Waals surface area contributed by atoms with Crippen LogP contribution >= 0.6 is 11.3 Å². The zero-order valence-electron chi connectivity index (χ0n) is 12.1. The molecular weight excluding hydrogens is 292 g/mol. The van der Waals surface area contributed by atoms with E-state index in [9.17, 15) is 4.79 Å². The molecule has 0 aliphatic carbocycles. The number of amidine groups is 1. The highest BCUT2D eigenvalue weighted by molar-refractivity contribution is 7.12. The molecule has 7 nitrogen and oxygen atoms in total. The molecule has 1 amide bonds. The second-order valence-corrected chi connectivity index (χ2v) is 6.09. The molecule has 2 heterocycles. The largest absolute Gasteiger partial charge is 0.496 e. The number of amides is 1. The maximum absolute atomic E-state index is 12.4. The maximum atomic E-state index is 12.4. The number of ether oxygens (including phenoxy) is 1. The molecule has 0 atom stereocenters. The molecule has 0 saturated carbocycles. The van der Waals surface area contributed by atoms with Gasteiger partial charge in [-0.25, -0.2) is 0 Å². The lowest BCUT2D eigenvalue weighted by molar-refractivity contribution is 0.0890. The number of piperidine rings is 1. The van der Waals surface area contributed by atoms with Crippen LogP contribution < -0.4 is 15.8 Å². The molecule has 1 aromatic rings. The fraction of sp³-hybridized carbons (Fsp3) is 0.538. The smallest absolute Gasteiger partial charge is 0.262 e. The molecule has 1 aliphatic heterocycles. The van der Waals surface area contributed by atoms with Gasteiger partial charge in [-0.15, -0.1) is 11.3 Å². The monoisotopic (exact) mass is 312 g/mol. The van der Waals surface area contributed by atoms with Gasteiger partial charge in [-0.2, -0.15) is 0 Å². The molecule has 8 heteroatoms. The van der Waals surface area contributed by atoms with Crippen LogP contribution in [0.15, 0.2) is 16.6 Å². The predicted octanol–water partition coefficient (Wildman–Crippen LogP) is 0.697. The molecule has 1 aromatic heterocycles. The lowest BCUT2D eigenvalue weighted by atomic mass is 9.86. The summed E-state index contributed by atoms with van der Waals surface area (Å²) < 4.78 is 5.08. The summed E-state index contributed by atoms with van der Waals surface area (Å²) in [5, 5.41) is 16.8. The normalized spacial score (nSPS) is 19.2. The zero-order valence-corrected chi connectivity index (χ0v) is 12.9. The Morgan fingerprint density at radius 1 is 1.57 bits per heavy atom. The van der Waals surface area contributed by atoms with Crippen molar-refractivity contribution in [3.63, 3.8) is 0 Å². The number of nitrogens with zero attached hydrogens (tertiary/aromatic N) is 2. The van der Waals surface area contributed by atoms with Crippen LogP contribution in [0, 0.1) is 0 Å². The van der Waals surface area contributed by atoms with Crippen molar-refractivity contribution in [1.82, 2.24) is 10.2 Å². The first kappa shape index (κ1) is 15.6. The van der Waals surface area contributed by atoms with E-state index in [-0.39, 0.29) is 11.7 Å². The van der Waals surface area contributed by atoms with Gasteiger partial charge in [0.05, 0.1) is 12.0 Å². The summed E-state index contributed by atoms with van der Waals surface area (Å²) >= 11 is 1.30. The second-order valence-electron chi connectivity index (χ2n) is 5.18. The average Bonchev–Trinajstić information content (AvgIpc) is 2.98. The van der Waals surface area contributed by atoms with Crippen molar-refractivity contribution in [3.8, 4) is 5.75 Å². The van der Waals surface area contributed by atoms with Crippen LogP contribution in [-0.2, 0) is 0 Å². The molecule has 4 N–H and O–H groups in total. The Hall–Kier alpha value is -1.80. The van der Waals surface area contributed by atoms with Gasteiger partial charge in [-0.05, 0) is 19.9 Å². The number of oxime groups is 1. The molecule has 0 aromatic carbocycles. The van der Waals surface area contributed by atoms with E-state index in [0.717, 1.165) is 13.1 Å². The van der Waals surface area contributed by atoms with Gasteiger partial charge >= 0.3 is 0 Å². The minimum atomic E-state index is -0.796. The van der Waals surface area contributed by atoms with Crippen molar-refractivity contribution in [2.45, 2.75) is 18.4 Å². The molecule has 0 bridgehead atoms. The minimum Gasteiger partial charge on any atom is -0.496 e. The number of carbonyl (C=O) groups is 1. The highest BCUT2D eigenvalue weighted by atomic mass is 32.1. The topological polar surface area (TPSA) is 100 Å². The Morgan fingerprint density at radius 3 is 2.76 bits per heavy atom. The number of likely N-dealkylation sites (tertiary alicyclic amines) is 1. The number of nitrogens with one attached hydrogen (secondary N) is 1. The van der Waals surface area contributed by atoms with Gasteiger partial charge in [-0.1, -0.05) is 5.16 Å². The standard InChI is InChI=1S/C13H20N4O3S/c1-17-5-3-13(4-6-17,12(14)16-19)15-11(18)10-7-9(20-2)8-21-10/h7-8,19H,3-6H2,1-2H3,(H2,14,16)(H,15,18). The first-order valence-corrected chi connectivity index (χ1v) is 7.50. The van der Waals surface area contributed by atoms with Crippen LogP contribution in [0.1, 0.15) is 22.5 Å². The van der Waals surface area contributed by atoms with Gasteiger partial charge in [0.25, 0.3) is 5.91 Å². The van der Waals surface area contributed by atoms with Gasteiger partial charge in [0.1, 0.15) is 11.3 Å². The van der Waals surface area contributed by atoms with Crippen LogP contribution in [-0.4, -0.2) is 54.6 Å². The lowest BCUT2D eigenvalue weighted by Crippen LogP contribution is -2.62. The third-order valence-corrected chi connectivity index (χ3v) is 4.73. The van der Waals surface area contributed by atoms with Crippen LogP contribution in [0.3, 0.4) is 0 Å². The third-order valence-electron chi connectivity index (χ3n) is 3.83. The SMILES string of the molecule is COc1csc(C(=O)NC2(C(N)=NO)CCN(C)CC2)c1. The number of methoxy groups -OCH3 is 1. The van der Waals surface area contributed by atoms with Crippen LogP contribution in [0.25, 0.3) is 0 Å². The summed E-state index contributed by atoms with van der Waals surface area (Å²) in [5.74, 6) is 0.457. The van der Waals surface area contributed by atoms with Crippen molar-refractivity contribution < 1.29 is 14.7 Å². The van der Waals surface area contributed by atoms with E-state index in [1.807, 2.05) is 7.05 Å². The molecule has 1 fully saturated rings. The van der Waals surface area contributed by atoms with Crippen LogP contribution in [0.4, 0.5) is 0 Å². The molecule has 116 valence electrons. The van der Waals surface area contributed by atoms with Crippen LogP contribution in [0.5, 0.6) is 5.75 Å². The summed E-state index contributed by atoms with van der Waals surface area (Å²) in [7, 11) is 3.56. The summed E-state index contributed by atoms with van der Waals surface area (Å²) in [6.45, 7) is 1.54. The fourth-order valence-corrected chi connectivity index (χ4v) is 3.11. The van der Waals surface area contributed by atoms with Crippen molar-refractivity contribution in [3.05, 3.63) is 16.3 Å². The van der Waals surface area contributed by atoms with Gasteiger partial charge < -0.3 is 25.9 Å². The first-order chi connectivity index (χ1) is 10.0. The van der Waals surface area contributed by atoms with E-state index in [1.54, 1.807) is 18.6 Å². The van der Waals surface area contributed by atoms with E-state index in [0.29, 0.717) is 23.5 Å². The summed E-state index contributed by atoms with van der Waals surface area (Å²) in [6.07, 6.45) is 1.21. The van der Waals surface area contributed by atoms with Gasteiger partial charge in [0, 0.05) is 24.5 Å². The van der Waals surface area contributed by atoms with Crippen molar-refractivity contribution in [2.24, 2.45) is 10.9 Å². The number of rotatable bonds is 4. The van der Waals surface area contributed by atoms with Crippen molar-refractivity contribution >= 4 is 23.1 Å². The second kappa shape index (κ2) is 6.31. The Morgan fingerprint density at radius 2 is 2.24 bits per heavy atom. The van der Waals surface area contributed by atoms with E-state index in [1.165, 1.54) is 11.3 Å². The first-order valence-electron chi connectivity index (χ1n) is 6.62. The Balaban J connectivity index is 2.17. The number of nitrogens with two attached hydrogens (primary N) is 1. The fourth-order valence-electron chi connectivity index (χ4n) is 2.36. The third kappa shape index (κ3) is 3.27. The number of carbonyl (C=O) groups excluding carboxylic acids is 1. The van der Waals surface area contributed by atoms with E-state index in [2.05, 4.69) is 15.4 Å². The summed E-state index contributed by atoms with van der Waals surface area (Å²) in [5.41, 5.74) is 5.04. The predicted molar refractivity (Wildman–Crippen MR) is 81.2 cm³/mol. The molecule has 21 heavy (non-hydrogen) atoms. The molecule has 2 rings (SSSR count). The van der Waals surface area contributed by atoms with E-state index < -0.39 is 5.54 Å². The zero-order chi connectivity index (χ0) is 15.5. The summed E-state index contributed by atoms with van der Waals surface area (Å²) in [4.78, 5) is 15.1. The molecule has 0 spiro atoms. The van der Waals surface area contributed by atoms with Crippen molar-refractivity contribution in [2.75, 3.05) is 27.2 Å². The van der Waals surface area contributed by atoms with Crippen LogP contribution in [0.2, 0.25) is 0 Å². The number of thiophene rings is 1. The highest BCUT2D eigenvalue weighted by Crippen LogP contribution is 2.25. The van der Waals surface area contributed by atoms with E-state index >= 15 is 0 Å². The highest BCUT2D eigenvalue weighted by Gasteiger charge is 2.39. The van der Waals surface area contributed by atoms with Crippen molar-refractivity contribution in [1.29, 1.82) is 0 Å². The van der Waals surface area contributed by atoms with E-state index in [4.69, 9.17) is 15.7 Å². The molecule has 0 radical (unpaired) electrons. The molecule has 1 saturated heterocycles.